The zero-order chi connectivity index (χ0) is 14.6. The van der Waals surface area contributed by atoms with Crippen LogP contribution in [0.15, 0.2) is 36.5 Å². The summed E-state index contributed by atoms with van der Waals surface area (Å²) in [5, 5.41) is 1.39. The van der Waals surface area contributed by atoms with Gasteiger partial charge in [0.2, 0.25) is 0 Å². The molecule has 2 aliphatic rings. The van der Waals surface area contributed by atoms with E-state index in [9.17, 15) is 13.2 Å². The number of nitrogens with zero attached hydrogens (tertiary/aromatic N) is 2. The van der Waals surface area contributed by atoms with Crippen molar-refractivity contribution in [3.8, 4) is 0 Å². The van der Waals surface area contributed by atoms with Gasteiger partial charge >= 0.3 is 0 Å². The van der Waals surface area contributed by atoms with E-state index in [2.05, 4.69) is 4.98 Å². The molecule has 1 aromatic carbocycles. The standard InChI is InChI=1S/C15H14N2O3S/c18-15(17-8-12-7-11(17)9-21(12,19)20)14-13-4-2-1-3-10(13)5-6-16-14/h1-6,11-12H,7-9H2. The fraction of sp³-hybridized carbons (Fsp3) is 0.333. The predicted octanol–water partition coefficient (Wildman–Crippen LogP) is 1.25. The number of aromatic nitrogens is 1. The number of amides is 1. The zero-order valence-electron chi connectivity index (χ0n) is 11.3. The Morgan fingerprint density at radius 1 is 1.24 bits per heavy atom. The van der Waals surface area contributed by atoms with Gasteiger partial charge in [-0.3, -0.25) is 9.78 Å². The first-order valence-electron chi connectivity index (χ1n) is 6.92. The van der Waals surface area contributed by atoms with Gasteiger partial charge in [0.1, 0.15) is 5.69 Å². The molecule has 2 unspecified atom stereocenters. The summed E-state index contributed by atoms with van der Waals surface area (Å²) >= 11 is 0. The minimum Gasteiger partial charge on any atom is -0.332 e. The van der Waals surface area contributed by atoms with Gasteiger partial charge < -0.3 is 4.90 Å². The average molecular weight is 302 g/mol. The molecular weight excluding hydrogens is 288 g/mol. The number of sulfone groups is 1. The monoisotopic (exact) mass is 302 g/mol. The summed E-state index contributed by atoms with van der Waals surface area (Å²) in [7, 11) is -2.99. The number of rotatable bonds is 1. The van der Waals surface area contributed by atoms with E-state index in [0.717, 1.165) is 10.8 Å². The van der Waals surface area contributed by atoms with Crippen LogP contribution in [0, 0.1) is 0 Å². The molecule has 2 saturated heterocycles. The van der Waals surface area contributed by atoms with Crippen LogP contribution in [0.2, 0.25) is 0 Å². The van der Waals surface area contributed by atoms with Crippen molar-refractivity contribution in [3.05, 3.63) is 42.2 Å². The van der Waals surface area contributed by atoms with E-state index >= 15 is 0 Å². The third kappa shape index (κ3) is 1.86. The van der Waals surface area contributed by atoms with Crippen molar-refractivity contribution in [2.24, 2.45) is 0 Å². The lowest BCUT2D eigenvalue weighted by molar-refractivity contribution is 0.0742. The molecule has 1 amide bonds. The van der Waals surface area contributed by atoms with Crippen molar-refractivity contribution in [1.82, 2.24) is 9.88 Å². The van der Waals surface area contributed by atoms with Crippen molar-refractivity contribution < 1.29 is 13.2 Å². The van der Waals surface area contributed by atoms with Gasteiger partial charge in [-0.05, 0) is 17.9 Å². The van der Waals surface area contributed by atoms with E-state index in [-0.39, 0.29) is 23.0 Å². The summed E-state index contributed by atoms with van der Waals surface area (Å²) in [6, 6.07) is 9.29. The molecule has 2 aromatic rings. The minimum absolute atomic E-state index is 0.0914. The maximum absolute atomic E-state index is 12.7. The molecule has 21 heavy (non-hydrogen) atoms. The van der Waals surface area contributed by atoms with E-state index in [0.29, 0.717) is 18.7 Å². The largest absolute Gasteiger partial charge is 0.332 e. The number of carbonyl (C=O) groups is 1. The predicted molar refractivity (Wildman–Crippen MR) is 78.8 cm³/mol. The van der Waals surface area contributed by atoms with Crippen LogP contribution in [-0.2, 0) is 9.84 Å². The maximum atomic E-state index is 12.7. The molecule has 0 N–H and O–H groups in total. The number of hydrogen-bond donors (Lipinski definition) is 0. The van der Waals surface area contributed by atoms with Crippen LogP contribution in [0.4, 0.5) is 0 Å². The van der Waals surface area contributed by atoms with Gasteiger partial charge in [-0.1, -0.05) is 24.3 Å². The molecule has 4 rings (SSSR count). The number of hydrogen-bond acceptors (Lipinski definition) is 4. The van der Waals surface area contributed by atoms with Crippen LogP contribution < -0.4 is 0 Å². The van der Waals surface area contributed by atoms with Crippen molar-refractivity contribution in [2.45, 2.75) is 17.7 Å². The summed E-state index contributed by atoms with van der Waals surface area (Å²) in [5.74, 6) is -0.0667. The lowest BCUT2D eigenvalue weighted by atomic mass is 10.1. The first kappa shape index (κ1) is 12.8. The van der Waals surface area contributed by atoms with Crippen LogP contribution in [0.5, 0.6) is 0 Å². The summed E-state index contributed by atoms with van der Waals surface area (Å²) < 4.78 is 23.6. The number of likely N-dealkylation sites (tertiary alicyclic amines) is 1. The highest BCUT2D eigenvalue weighted by Crippen LogP contribution is 2.34. The molecule has 5 nitrogen and oxygen atoms in total. The molecular formula is C15H14N2O3S. The van der Waals surface area contributed by atoms with Crippen molar-refractivity contribution in [2.75, 3.05) is 12.3 Å². The van der Waals surface area contributed by atoms with Gasteiger partial charge in [0.05, 0.1) is 11.0 Å². The van der Waals surface area contributed by atoms with Crippen molar-refractivity contribution in [3.63, 3.8) is 0 Å². The molecule has 0 radical (unpaired) electrons. The molecule has 2 aliphatic heterocycles. The van der Waals surface area contributed by atoms with E-state index < -0.39 is 9.84 Å². The van der Waals surface area contributed by atoms with Crippen LogP contribution >= 0.6 is 0 Å². The second kappa shape index (κ2) is 4.27. The summed E-state index contributed by atoms with van der Waals surface area (Å²) in [6.07, 6.45) is 2.19. The van der Waals surface area contributed by atoms with Crippen molar-refractivity contribution >= 4 is 26.5 Å². The minimum atomic E-state index is -2.99. The van der Waals surface area contributed by atoms with E-state index in [1.807, 2.05) is 30.3 Å². The fourth-order valence-electron chi connectivity index (χ4n) is 3.37. The van der Waals surface area contributed by atoms with E-state index in [1.54, 1.807) is 11.1 Å². The Bertz CT molecular complexity index is 842. The summed E-state index contributed by atoms with van der Waals surface area (Å²) in [5.41, 5.74) is 0.415. The molecule has 108 valence electrons. The second-order valence-electron chi connectivity index (χ2n) is 5.68. The first-order chi connectivity index (χ1) is 10.1. The third-order valence-electron chi connectivity index (χ3n) is 4.45. The van der Waals surface area contributed by atoms with E-state index in [4.69, 9.17) is 0 Å². The molecule has 0 saturated carbocycles. The zero-order valence-corrected chi connectivity index (χ0v) is 12.1. The molecule has 1 aromatic heterocycles. The Balaban J connectivity index is 1.73. The summed E-state index contributed by atoms with van der Waals surface area (Å²) in [4.78, 5) is 18.6. The molecule has 3 heterocycles. The number of fused-ring (bicyclic) bond motifs is 3. The van der Waals surface area contributed by atoms with Gasteiger partial charge in [0, 0.05) is 24.2 Å². The van der Waals surface area contributed by atoms with Crippen LogP contribution in [0.1, 0.15) is 16.9 Å². The molecule has 2 fully saturated rings. The average Bonchev–Trinajstić information content (AvgIpc) is 3.01. The lowest BCUT2D eigenvalue weighted by Crippen LogP contribution is -2.44. The Labute approximate surface area is 122 Å². The third-order valence-corrected chi connectivity index (χ3v) is 6.65. The van der Waals surface area contributed by atoms with Gasteiger partial charge in [-0.15, -0.1) is 0 Å². The van der Waals surface area contributed by atoms with Gasteiger partial charge in [-0.25, -0.2) is 8.42 Å². The van der Waals surface area contributed by atoms with Crippen LogP contribution in [0.25, 0.3) is 10.8 Å². The quantitative estimate of drug-likeness (QED) is 0.795. The van der Waals surface area contributed by atoms with Crippen LogP contribution in [-0.4, -0.2) is 47.8 Å². The highest BCUT2D eigenvalue weighted by molar-refractivity contribution is 7.92. The fourth-order valence-corrected chi connectivity index (χ4v) is 5.40. The number of benzene rings is 1. The number of carbonyl (C=O) groups excluding carboxylic acids is 1. The summed E-state index contributed by atoms with van der Waals surface area (Å²) in [6.45, 7) is 0.302. The SMILES string of the molecule is O=C(c1nccc2ccccc12)N1CC2CC1CS2(=O)=O. The normalized spacial score (nSPS) is 26.4. The smallest absolute Gasteiger partial charge is 0.273 e. The molecule has 2 bridgehead atoms. The van der Waals surface area contributed by atoms with Crippen LogP contribution in [0.3, 0.4) is 0 Å². The van der Waals surface area contributed by atoms with E-state index in [1.165, 1.54) is 0 Å². The first-order valence-corrected chi connectivity index (χ1v) is 8.64. The highest BCUT2D eigenvalue weighted by Gasteiger charge is 2.50. The second-order valence-corrected chi connectivity index (χ2v) is 8.00. The Hall–Kier alpha value is -1.95. The highest BCUT2D eigenvalue weighted by atomic mass is 32.2. The van der Waals surface area contributed by atoms with Crippen molar-refractivity contribution in [1.29, 1.82) is 0 Å². The number of pyridine rings is 1. The van der Waals surface area contributed by atoms with Gasteiger partial charge in [-0.2, -0.15) is 0 Å². The Kier molecular flexibility index (Phi) is 2.60. The van der Waals surface area contributed by atoms with Gasteiger partial charge in [0.15, 0.2) is 9.84 Å². The Morgan fingerprint density at radius 3 is 2.76 bits per heavy atom. The molecule has 0 spiro atoms. The molecule has 2 atom stereocenters. The topological polar surface area (TPSA) is 67.3 Å². The Morgan fingerprint density at radius 2 is 2.05 bits per heavy atom. The maximum Gasteiger partial charge on any atom is 0.273 e. The molecule has 6 heteroatoms. The lowest BCUT2D eigenvalue weighted by Gasteiger charge is -2.26. The van der Waals surface area contributed by atoms with Gasteiger partial charge in [0.25, 0.3) is 5.91 Å². The molecule has 0 aliphatic carbocycles.